The van der Waals surface area contributed by atoms with E-state index in [1.807, 2.05) is 4.98 Å². The molecule has 224 valence electrons. The molecule has 5 rings (SSSR count). The molecule has 1 fully saturated rings. The van der Waals surface area contributed by atoms with Crippen LogP contribution in [0.2, 0.25) is 0 Å². The molecule has 0 unspecified atom stereocenters. The number of benzene rings is 3. The predicted octanol–water partition coefficient (Wildman–Crippen LogP) is 3.60. The van der Waals surface area contributed by atoms with Gasteiger partial charge in [0.05, 0.1) is 16.7 Å². The fraction of sp³-hybridized carbons (Fsp3) is 0.156. The summed E-state index contributed by atoms with van der Waals surface area (Å²) in [6, 6.07) is 23.8. The number of rotatable bonds is 9. The lowest BCUT2D eigenvalue weighted by Crippen LogP contribution is -2.55. The van der Waals surface area contributed by atoms with Gasteiger partial charge < -0.3 is 18.9 Å². The molecule has 1 aliphatic heterocycles. The van der Waals surface area contributed by atoms with Crippen molar-refractivity contribution in [1.29, 1.82) is 0 Å². The minimum Gasteiger partial charge on any atom is -0.456 e. The number of carbonyl (C=O) groups is 3. The number of alkyl halides is 1. The number of esters is 3. The Morgan fingerprint density at radius 2 is 1.36 bits per heavy atom. The summed E-state index contributed by atoms with van der Waals surface area (Å²) in [4.78, 5) is 66.3. The summed E-state index contributed by atoms with van der Waals surface area (Å²) in [5, 5.41) is 0. The minimum atomic E-state index is -3.22. The van der Waals surface area contributed by atoms with Gasteiger partial charge in [-0.25, -0.2) is 23.6 Å². The molecule has 12 heteroatoms. The van der Waals surface area contributed by atoms with Crippen molar-refractivity contribution in [3.8, 4) is 0 Å². The zero-order valence-corrected chi connectivity index (χ0v) is 23.0. The van der Waals surface area contributed by atoms with Crippen molar-refractivity contribution in [2.24, 2.45) is 0 Å². The maximum absolute atomic E-state index is 17.2. The van der Waals surface area contributed by atoms with E-state index in [-0.39, 0.29) is 16.7 Å². The molecule has 1 saturated heterocycles. The van der Waals surface area contributed by atoms with Crippen molar-refractivity contribution in [3.63, 3.8) is 0 Å². The molecular weight excluding hydrogens is 575 g/mol. The monoisotopic (exact) mass is 600 g/mol. The van der Waals surface area contributed by atoms with Crippen LogP contribution in [0.1, 0.15) is 37.3 Å². The molecule has 11 nitrogen and oxygen atoms in total. The average Bonchev–Trinajstić information content (AvgIpc) is 3.28. The number of ether oxygens (including phenoxy) is 4. The van der Waals surface area contributed by atoms with Gasteiger partial charge in [0, 0.05) is 12.3 Å². The normalized spacial score (nSPS) is 22.5. The first-order chi connectivity index (χ1) is 21.2. The van der Waals surface area contributed by atoms with Crippen molar-refractivity contribution in [1.82, 2.24) is 9.55 Å². The molecule has 1 aromatic heterocycles. The van der Waals surface area contributed by atoms with Crippen molar-refractivity contribution < 1.29 is 37.7 Å². The van der Waals surface area contributed by atoms with Gasteiger partial charge in [0.1, 0.15) is 0 Å². The lowest BCUT2D eigenvalue weighted by atomic mass is 9.91. The van der Waals surface area contributed by atoms with Crippen LogP contribution in [-0.4, -0.2) is 51.6 Å². The van der Waals surface area contributed by atoms with Crippen LogP contribution >= 0.6 is 0 Å². The number of halogens is 1. The number of hydrogen-bond acceptors (Lipinski definition) is 9. The molecule has 3 aromatic carbocycles. The van der Waals surface area contributed by atoms with Crippen LogP contribution in [0.15, 0.2) is 126 Å². The van der Waals surface area contributed by atoms with Gasteiger partial charge in [-0.3, -0.25) is 14.3 Å². The Morgan fingerprint density at radius 1 is 0.841 bits per heavy atom. The number of H-pyrrole nitrogens is 1. The van der Waals surface area contributed by atoms with E-state index in [1.165, 1.54) is 36.4 Å². The third kappa shape index (κ3) is 5.83. The molecule has 0 spiro atoms. The van der Waals surface area contributed by atoms with Gasteiger partial charge in [-0.2, -0.15) is 0 Å². The van der Waals surface area contributed by atoms with Gasteiger partial charge in [-0.1, -0.05) is 61.2 Å². The second kappa shape index (κ2) is 12.3. The Morgan fingerprint density at radius 3 is 1.89 bits per heavy atom. The van der Waals surface area contributed by atoms with Crippen LogP contribution in [0.25, 0.3) is 0 Å². The van der Waals surface area contributed by atoms with Gasteiger partial charge in [0.15, 0.2) is 12.8 Å². The van der Waals surface area contributed by atoms with Crippen LogP contribution in [0.5, 0.6) is 0 Å². The van der Waals surface area contributed by atoms with Crippen molar-refractivity contribution >= 4 is 17.9 Å². The zero-order valence-electron chi connectivity index (χ0n) is 23.0. The molecule has 0 radical (unpaired) electrons. The topological polar surface area (TPSA) is 143 Å². The number of hydrogen-bond donors (Lipinski definition) is 1. The fourth-order valence-corrected chi connectivity index (χ4v) is 4.70. The lowest BCUT2D eigenvalue weighted by molar-refractivity contribution is -0.208. The van der Waals surface area contributed by atoms with Crippen LogP contribution in [0, 0.1) is 0 Å². The van der Waals surface area contributed by atoms with E-state index in [0.717, 1.165) is 22.9 Å². The molecule has 0 aliphatic carbocycles. The number of nitrogens with zero attached hydrogens (tertiary/aromatic N) is 1. The summed E-state index contributed by atoms with van der Waals surface area (Å²) in [5.74, 6) is -6.22. The predicted molar refractivity (Wildman–Crippen MR) is 152 cm³/mol. The molecule has 2 heterocycles. The molecule has 1 N–H and O–H groups in total. The molecule has 0 bridgehead atoms. The highest BCUT2D eigenvalue weighted by atomic mass is 19.2. The highest BCUT2D eigenvalue weighted by Gasteiger charge is 2.70. The first-order valence-electron chi connectivity index (χ1n) is 13.3. The van der Waals surface area contributed by atoms with Gasteiger partial charge in [0.25, 0.3) is 11.4 Å². The summed E-state index contributed by atoms with van der Waals surface area (Å²) < 4.78 is 40.4. The van der Waals surface area contributed by atoms with E-state index in [0.29, 0.717) is 0 Å². The summed E-state index contributed by atoms with van der Waals surface area (Å²) in [7, 11) is 0. The fourth-order valence-electron chi connectivity index (χ4n) is 4.70. The molecule has 4 aromatic rings. The van der Waals surface area contributed by atoms with Crippen LogP contribution in [-0.2, 0) is 18.9 Å². The number of nitrogens with one attached hydrogen (secondary N) is 1. The smallest absolute Gasteiger partial charge is 0.339 e. The minimum absolute atomic E-state index is 0.00753. The number of aromatic nitrogens is 2. The molecule has 1 aliphatic rings. The van der Waals surface area contributed by atoms with Crippen LogP contribution in [0.3, 0.4) is 0 Å². The SMILES string of the molecule is C=C[C@]1(OC(=O)c2ccccc2)[C@H](n2ccc(=O)[nH]c2=O)O[C@](F)(COC(=O)c2ccccc2)[C@H]1OC(=O)c1ccccc1. The van der Waals surface area contributed by atoms with Crippen molar-refractivity contribution in [2.75, 3.05) is 6.61 Å². The third-order valence-corrected chi connectivity index (χ3v) is 6.84. The highest BCUT2D eigenvalue weighted by Crippen LogP contribution is 2.50. The van der Waals surface area contributed by atoms with Gasteiger partial charge in [0.2, 0.25) is 11.7 Å². The second-order valence-corrected chi connectivity index (χ2v) is 9.68. The lowest BCUT2D eigenvalue weighted by Gasteiger charge is -2.35. The highest BCUT2D eigenvalue weighted by molar-refractivity contribution is 5.91. The Bertz CT molecular complexity index is 1790. The molecule has 4 atom stereocenters. The van der Waals surface area contributed by atoms with E-state index in [2.05, 4.69) is 6.58 Å². The van der Waals surface area contributed by atoms with E-state index < -0.39 is 59.6 Å². The average molecular weight is 601 g/mol. The molecular formula is C32H25FN2O9. The standard InChI is InChI=1S/C32H25FN2O9/c1-2-31(43-27(39)23-16-10-5-11-17-23)28(42-26(38)22-14-8-4-9-15-22)32(33,20-41-25(37)21-12-6-3-7-13-21)44-29(31)35-19-18-24(36)34-30(35)40/h2-19,28-29H,1,20H2,(H,34,36,40)/t28-,29+,31+,32+/m0/s1. The zero-order chi connectivity index (χ0) is 31.3. The van der Waals surface area contributed by atoms with Crippen molar-refractivity contribution in [3.05, 3.63) is 153 Å². The second-order valence-electron chi connectivity index (χ2n) is 9.68. The molecule has 44 heavy (non-hydrogen) atoms. The quantitative estimate of drug-likeness (QED) is 0.173. The van der Waals surface area contributed by atoms with E-state index >= 15 is 4.39 Å². The van der Waals surface area contributed by atoms with E-state index in [9.17, 15) is 24.0 Å². The maximum atomic E-state index is 17.2. The molecule has 0 amide bonds. The first-order valence-corrected chi connectivity index (χ1v) is 13.3. The Hall–Kier alpha value is -5.62. The van der Waals surface area contributed by atoms with Gasteiger partial charge >= 0.3 is 23.6 Å². The number of aromatic amines is 1. The Labute approximate surface area is 249 Å². The largest absolute Gasteiger partial charge is 0.456 e. The third-order valence-electron chi connectivity index (χ3n) is 6.84. The Balaban J connectivity index is 1.63. The van der Waals surface area contributed by atoms with Crippen LogP contribution < -0.4 is 11.2 Å². The summed E-state index contributed by atoms with van der Waals surface area (Å²) in [6.07, 6.45) is -2.16. The van der Waals surface area contributed by atoms with E-state index in [4.69, 9.17) is 18.9 Å². The maximum Gasteiger partial charge on any atom is 0.339 e. The van der Waals surface area contributed by atoms with Crippen LogP contribution in [0.4, 0.5) is 4.39 Å². The molecule has 0 saturated carbocycles. The van der Waals surface area contributed by atoms with Gasteiger partial charge in [-0.05, 0) is 42.5 Å². The summed E-state index contributed by atoms with van der Waals surface area (Å²) in [5.41, 5.74) is -4.17. The number of carbonyl (C=O) groups excluding carboxylic acids is 3. The van der Waals surface area contributed by atoms with Crippen molar-refractivity contribution in [2.45, 2.75) is 23.8 Å². The summed E-state index contributed by atoms with van der Waals surface area (Å²) >= 11 is 0. The Kier molecular flexibility index (Phi) is 8.36. The summed E-state index contributed by atoms with van der Waals surface area (Å²) in [6.45, 7) is 2.55. The van der Waals surface area contributed by atoms with E-state index in [1.54, 1.807) is 54.6 Å². The van der Waals surface area contributed by atoms with Gasteiger partial charge in [-0.15, -0.1) is 0 Å². The first kappa shape index (κ1) is 29.9.